The summed E-state index contributed by atoms with van der Waals surface area (Å²) in [6.45, 7) is 2.71. The van der Waals surface area contributed by atoms with Gasteiger partial charge in [0.15, 0.2) is 0 Å². The van der Waals surface area contributed by atoms with Crippen LogP contribution in [0.5, 0.6) is 0 Å². The monoisotopic (exact) mass is 224 g/mol. The Kier molecular flexibility index (Phi) is 5.77. The van der Waals surface area contributed by atoms with E-state index in [4.69, 9.17) is 10.6 Å². The van der Waals surface area contributed by atoms with Crippen molar-refractivity contribution in [3.8, 4) is 0 Å². The number of nitrogens with one attached hydrogen (secondary N) is 1. The highest BCUT2D eigenvalue weighted by Gasteiger charge is 2.00. The minimum absolute atomic E-state index is 0.686. The Morgan fingerprint density at radius 1 is 1.50 bits per heavy atom. The van der Waals surface area contributed by atoms with Gasteiger partial charge in [-0.3, -0.25) is 0 Å². The van der Waals surface area contributed by atoms with E-state index >= 15 is 0 Å². The maximum atomic E-state index is 5.25. The van der Waals surface area contributed by atoms with Crippen molar-refractivity contribution in [1.29, 1.82) is 0 Å². The number of nitrogen functional groups attached to an aromatic ring is 1. The Hall–Kier alpha value is -1.17. The third kappa shape index (κ3) is 4.57. The molecule has 0 aliphatic rings. The van der Waals surface area contributed by atoms with Crippen LogP contribution in [-0.2, 0) is 11.3 Å². The first-order valence-corrected chi connectivity index (χ1v) is 5.35. The second kappa shape index (κ2) is 7.16. The lowest BCUT2D eigenvalue weighted by Gasteiger charge is -2.16. The number of hydrogen-bond acceptors (Lipinski definition) is 5. The van der Waals surface area contributed by atoms with E-state index in [1.165, 1.54) is 5.56 Å². The number of aromatic nitrogens is 1. The number of pyridine rings is 1. The molecule has 0 radical (unpaired) electrons. The first kappa shape index (κ1) is 12.9. The summed E-state index contributed by atoms with van der Waals surface area (Å²) in [5, 5.41) is 0. The normalized spacial score (nSPS) is 10.8. The van der Waals surface area contributed by atoms with Crippen molar-refractivity contribution in [2.75, 3.05) is 32.7 Å². The molecule has 1 aromatic rings. The van der Waals surface area contributed by atoms with Crippen LogP contribution in [0.1, 0.15) is 12.0 Å². The lowest BCUT2D eigenvalue weighted by molar-refractivity contribution is 0.178. The van der Waals surface area contributed by atoms with Gasteiger partial charge in [-0.05, 0) is 25.1 Å². The maximum Gasteiger partial charge on any atom is 0.139 e. The van der Waals surface area contributed by atoms with Gasteiger partial charge in [-0.15, -0.1) is 0 Å². The highest BCUT2D eigenvalue weighted by molar-refractivity contribution is 5.33. The Bertz CT molecular complexity index is 289. The molecule has 0 aliphatic carbocycles. The van der Waals surface area contributed by atoms with Crippen LogP contribution in [0.3, 0.4) is 0 Å². The zero-order chi connectivity index (χ0) is 11.8. The van der Waals surface area contributed by atoms with Crippen LogP contribution in [0.4, 0.5) is 5.82 Å². The summed E-state index contributed by atoms with van der Waals surface area (Å²) in [6.07, 6.45) is 2.88. The second-order valence-corrected chi connectivity index (χ2v) is 3.78. The van der Waals surface area contributed by atoms with Gasteiger partial charge < -0.3 is 15.1 Å². The summed E-state index contributed by atoms with van der Waals surface area (Å²) >= 11 is 0. The van der Waals surface area contributed by atoms with E-state index in [-0.39, 0.29) is 0 Å². The first-order chi connectivity index (χ1) is 7.76. The fraction of sp³-hybridized carbons (Fsp3) is 0.545. The van der Waals surface area contributed by atoms with E-state index in [2.05, 4.69) is 22.4 Å². The van der Waals surface area contributed by atoms with E-state index in [1.54, 1.807) is 7.11 Å². The predicted molar refractivity (Wildman–Crippen MR) is 64.9 cm³/mol. The zero-order valence-corrected chi connectivity index (χ0v) is 9.94. The predicted octanol–water partition coefficient (Wildman–Crippen LogP) is 0.835. The molecule has 0 saturated carbocycles. The number of ether oxygens (including phenoxy) is 1. The van der Waals surface area contributed by atoms with E-state index in [9.17, 15) is 0 Å². The van der Waals surface area contributed by atoms with E-state index in [1.807, 2.05) is 18.3 Å². The van der Waals surface area contributed by atoms with Crippen LogP contribution >= 0.6 is 0 Å². The van der Waals surface area contributed by atoms with Gasteiger partial charge in [0.2, 0.25) is 0 Å². The first-order valence-electron chi connectivity index (χ1n) is 5.35. The smallest absolute Gasteiger partial charge is 0.139 e. The van der Waals surface area contributed by atoms with Gasteiger partial charge in [0.1, 0.15) is 5.82 Å². The molecule has 0 aliphatic heterocycles. The third-order valence-corrected chi connectivity index (χ3v) is 2.31. The van der Waals surface area contributed by atoms with Crippen molar-refractivity contribution in [1.82, 2.24) is 9.88 Å². The molecule has 0 saturated heterocycles. The minimum Gasteiger partial charge on any atom is -0.385 e. The van der Waals surface area contributed by atoms with Crippen molar-refractivity contribution in [3.05, 3.63) is 23.9 Å². The average molecular weight is 224 g/mol. The highest BCUT2D eigenvalue weighted by Crippen LogP contribution is 2.06. The lowest BCUT2D eigenvalue weighted by atomic mass is 10.2. The zero-order valence-electron chi connectivity index (χ0n) is 9.94. The summed E-state index contributed by atoms with van der Waals surface area (Å²) in [5.74, 6) is 5.93. The van der Waals surface area contributed by atoms with Crippen molar-refractivity contribution in [3.63, 3.8) is 0 Å². The number of anilines is 1. The minimum atomic E-state index is 0.686. The molecule has 5 heteroatoms. The molecular weight excluding hydrogens is 204 g/mol. The quantitative estimate of drug-likeness (QED) is 0.408. The molecule has 16 heavy (non-hydrogen) atoms. The van der Waals surface area contributed by atoms with Gasteiger partial charge in [-0.2, -0.15) is 0 Å². The molecule has 0 spiro atoms. The highest BCUT2D eigenvalue weighted by atomic mass is 16.5. The average Bonchev–Trinajstić information content (AvgIpc) is 2.30. The van der Waals surface area contributed by atoms with Crippen molar-refractivity contribution in [2.45, 2.75) is 13.0 Å². The van der Waals surface area contributed by atoms with Gasteiger partial charge >= 0.3 is 0 Å². The maximum absolute atomic E-state index is 5.25. The van der Waals surface area contributed by atoms with Gasteiger partial charge in [0.05, 0.1) is 0 Å². The summed E-state index contributed by atoms with van der Waals surface area (Å²) in [4.78, 5) is 6.40. The molecule has 0 unspecified atom stereocenters. The van der Waals surface area contributed by atoms with Crippen LogP contribution in [-0.4, -0.2) is 37.2 Å². The Balaban J connectivity index is 2.34. The summed E-state index contributed by atoms with van der Waals surface area (Å²) in [7, 11) is 3.81. The van der Waals surface area contributed by atoms with E-state index in [0.717, 1.165) is 26.1 Å². The number of methoxy groups -OCH3 is 1. The fourth-order valence-electron chi connectivity index (χ4n) is 1.47. The molecule has 0 atom stereocenters. The van der Waals surface area contributed by atoms with Gasteiger partial charge in [-0.1, -0.05) is 6.07 Å². The molecular formula is C11H20N4O. The summed E-state index contributed by atoms with van der Waals surface area (Å²) < 4.78 is 5.01. The number of hydrogen-bond donors (Lipinski definition) is 2. The van der Waals surface area contributed by atoms with Crippen molar-refractivity contribution < 1.29 is 4.74 Å². The number of rotatable bonds is 7. The van der Waals surface area contributed by atoms with Crippen molar-refractivity contribution in [2.24, 2.45) is 5.84 Å². The molecule has 1 aromatic heterocycles. The van der Waals surface area contributed by atoms with Crippen LogP contribution in [0.25, 0.3) is 0 Å². The van der Waals surface area contributed by atoms with Crippen LogP contribution in [0, 0.1) is 0 Å². The van der Waals surface area contributed by atoms with Crippen LogP contribution < -0.4 is 11.3 Å². The van der Waals surface area contributed by atoms with E-state index < -0.39 is 0 Å². The van der Waals surface area contributed by atoms with E-state index in [0.29, 0.717) is 5.82 Å². The lowest BCUT2D eigenvalue weighted by Crippen LogP contribution is -2.20. The number of nitrogens with zero attached hydrogens (tertiary/aromatic N) is 2. The molecule has 1 rings (SSSR count). The number of nitrogens with two attached hydrogens (primary N) is 1. The Morgan fingerprint density at radius 3 is 2.88 bits per heavy atom. The largest absolute Gasteiger partial charge is 0.385 e. The van der Waals surface area contributed by atoms with Crippen LogP contribution in [0.15, 0.2) is 18.3 Å². The van der Waals surface area contributed by atoms with Crippen LogP contribution in [0.2, 0.25) is 0 Å². The summed E-state index contributed by atoms with van der Waals surface area (Å²) in [6, 6.07) is 3.90. The molecule has 90 valence electrons. The molecule has 0 fully saturated rings. The topological polar surface area (TPSA) is 63.4 Å². The molecule has 3 N–H and O–H groups in total. The Morgan fingerprint density at radius 2 is 2.31 bits per heavy atom. The molecule has 0 aromatic carbocycles. The van der Waals surface area contributed by atoms with Gasteiger partial charge in [0.25, 0.3) is 0 Å². The van der Waals surface area contributed by atoms with Crippen molar-refractivity contribution >= 4 is 5.82 Å². The van der Waals surface area contributed by atoms with Gasteiger partial charge in [0, 0.05) is 33.0 Å². The molecule has 0 amide bonds. The second-order valence-electron chi connectivity index (χ2n) is 3.78. The number of hydrazine groups is 1. The summed E-state index contributed by atoms with van der Waals surface area (Å²) in [5.41, 5.74) is 3.69. The third-order valence-electron chi connectivity index (χ3n) is 2.31. The van der Waals surface area contributed by atoms with Gasteiger partial charge in [-0.25, -0.2) is 10.8 Å². The SMILES string of the molecule is COCCCN(C)Cc1ccc(NN)nc1. The standard InChI is InChI=1S/C11H20N4O/c1-15(6-3-7-16-2)9-10-4-5-11(14-12)13-8-10/h4-5,8H,3,6-7,9,12H2,1-2H3,(H,13,14). The molecule has 0 bridgehead atoms. The molecule has 5 nitrogen and oxygen atoms in total. The Labute approximate surface area is 96.6 Å². The fourth-order valence-corrected chi connectivity index (χ4v) is 1.47. The molecule has 1 heterocycles.